The van der Waals surface area contributed by atoms with E-state index < -0.39 is 11.1 Å². The van der Waals surface area contributed by atoms with E-state index in [1.165, 1.54) is 7.11 Å². The molecule has 4 rings (SSSR count). The Balaban J connectivity index is 1.61. The second kappa shape index (κ2) is 12.2. The number of methoxy groups -OCH3 is 1. The zero-order chi connectivity index (χ0) is 27.2. The molecule has 1 fully saturated rings. The number of ether oxygens (including phenoxy) is 2. The van der Waals surface area contributed by atoms with Gasteiger partial charge < -0.3 is 9.47 Å². The van der Waals surface area contributed by atoms with Gasteiger partial charge in [-0.1, -0.05) is 53.5 Å². The van der Waals surface area contributed by atoms with E-state index in [0.29, 0.717) is 44.7 Å². The molecule has 6 nitrogen and oxygen atoms in total. The molecule has 0 spiro atoms. The van der Waals surface area contributed by atoms with Crippen LogP contribution in [0.5, 0.6) is 11.5 Å². The van der Waals surface area contributed by atoms with Crippen molar-refractivity contribution in [2.24, 2.45) is 0 Å². The van der Waals surface area contributed by atoms with Crippen LogP contribution in [-0.2, 0) is 24.4 Å². The van der Waals surface area contributed by atoms with Gasteiger partial charge in [0.15, 0.2) is 11.5 Å². The monoisotopic (exact) mass is 564 g/mol. The highest BCUT2D eigenvalue weighted by Gasteiger charge is 2.35. The lowest BCUT2D eigenvalue weighted by Crippen LogP contribution is -2.27. The number of nitriles is 1. The maximum Gasteiger partial charge on any atom is 0.293 e. The van der Waals surface area contributed by atoms with E-state index in [0.717, 1.165) is 27.8 Å². The number of hydrogen-bond donors (Lipinski definition) is 0. The molecule has 192 valence electrons. The number of thioether (sulfide) groups is 1. The maximum atomic E-state index is 13.1. The SMILES string of the molecule is C=CCc1cc(/C=C2/SC(=O)N(Cc3ccccc3C#N)C2=O)cc(OC)c1OCc1ccc(Cl)cc1Cl. The summed E-state index contributed by atoms with van der Waals surface area (Å²) in [6.07, 6.45) is 3.87. The number of hydrogen-bond acceptors (Lipinski definition) is 6. The molecule has 0 N–H and O–H groups in total. The second-order valence-corrected chi connectivity index (χ2v) is 10.1. The van der Waals surface area contributed by atoms with Crippen LogP contribution in [0.4, 0.5) is 4.79 Å². The average molecular weight is 565 g/mol. The smallest absolute Gasteiger partial charge is 0.293 e. The molecular weight excluding hydrogens is 543 g/mol. The van der Waals surface area contributed by atoms with Crippen LogP contribution < -0.4 is 9.47 Å². The number of benzene rings is 3. The van der Waals surface area contributed by atoms with Crippen LogP contribution in [0.1, 0.15) is 27.8 Å². The average Bonchev–Trinajstić information content (AvgIpc) is 3.16. The number of amides is 2. The first-order valence-corrected chi connectivity index (χ1v) is 13.0. The van der Waals surface area contributed by atoms with E-state index in [9.17, 15) is 14.9 Å². The summed E-state index contributed by atoms with van der Waals surface area (Å²) in [5.74, 6) is 0.564. The van der Waals surface area contributed by atoms with Gasteiger partial charge in [0.1, 0.15) is 6.61 Å². The van der Waals surface area contributed by atoms with Gasteiger partial charge in [0.25, 0.3) is 11.1 Å². The van der Waals surface area contributed by atoms with Crippen molar-refractivity contribution in [3.8, 4) is 17.6 Å². The molecule has 0 aliphatic carbocycles. The summed E-state index contributed by atoms with van der Waals surface area (Å²) in [6.45, 7) is 4.05. The number of rotatable bonds is 9. The fourth-order valence-electron chi connectivity index (χ4n) is 3.90. The molecule has 1 heterocycles. The van der Waals surface area contributed by atoms with Gasteiger partial charge >= 0.3 is 0 Å². The Labute approximate surface area is 235 Å². The van der Waals surface area contributed by atoms with Crippen molar-refractivity contribution in [1.82, 2.24) is 4.90 Å². The molecule has 0 saturated carbocycles. The molecule has 1 aliphatic heterocycles. The lowest BCUT2D eigenvalue weighted by atomic mass is 10.0. The second-order valence-electron chi connectivity index (χ2n) is 8.27. The van der Waals surface area contributed by atoms with Crippen molar-refractivity contribution in [3.63, 3.8) is 0 Å². The van der Waals surface area contributed by atoms with E-state index in [1.807, 2.05) is 6.07 Å². The van der Waals surface area contributed by atoms with Crippen molar-refractivity contribution in [2.45, 2.75) is 19.6 Å². The van der Waals surface area contributed by atoms with E-state index in [-0.39, 0.29) is 18.1 Å². The van der Waals surface area contributed by atoms with Crippen molar-refractivity contribution in [2.75, 3.05) is 7.11 Å². The number of carbonyl (C=O) groups excluding carboxylic acids is 2. The lowest BCUT2D eigenvalue weighted by Gasteiger charge is -2.16. The van der Waals surface area contributed by atoms with Gasteiger partial charge in [-0.05, 0) is 65.7 Å². The van der Waals surface area contributed by atoms with Crippen LogP contribution in [0.15, 0.2) is 72.2 Å². The van der Waals surface area contributed by atoms with Crippen LogP contribution in [0.25, 0.3) is 6.08 Å². The zero-order valence-corrected chi connectivity index (χ0v) is 22.7. The Morgan fingerprint density at radius 2 is 1.87 bits per heavy atom. The van der Waals surface area contributed by atoms with Gasteiger partial charge in [0, 0.05) is 21.2 Å². The minimum atomic E-state index is -0.422. The van der Waals surface area contributed by atoms with Crippen LogP contribution in [0.2, 0.25) is 10.0 Å². The lowest BCUT2D eigenvalue weighted by molar-refractivity contribution is -0.123. The van der Waals surface area contributed by atoms with Crippen molar-refractivity contribution in [1.29, 1.82) is 5.26 Å². The summed E-state index contributed by atoms with van der Waals surface area (Å²) in [4.78, 5) is 27.2. The minimum Gasteiger partial charge on any atom is -0.493 e. The summed E-state index contributed by atoms with van der Waals surface area (Å²) >= 11 is 13.1. The van der Waals surface area contributed by atoms with Gasteiger partial charge in [0.05, 0.1) is 30.2 Å². The Bertz CT molecular complexity index is 1500. The predicted molar refractivity (Wildman–Crippen MR) is 150 cm³/mol. The Morgan fingerprint density at radius 3 is 2.58 bits per heavy atom. The molecule has 1 saturated heterocycles. The molecule has 0 bridgehead atoms. The van der Waals surface area contributed by atoms with Crippen LogP contribution in [0.3, 0.4) is 0 Å². The van der Waals surface area contributed by atoms with Crippen LogP contribution >= 0.6 is 35.0 Å². The molecule has 3 aromatic rings. The van der Waals surface area contributed by atoms with Gasteiger partial charge in [-0.2, -0.15) is 5.26 Å². The number of nitrogens with zero attached hydrogens (tertiary/aromatic N) is 2. The fraction of sp³-hybridized carbons (Fsp3) is 0.138. The summed E-state index contributed by atoms with van der Waals surface area (Å²) in [5, 5.41) is 9.97. The van der Waals surface area contributed by atoms with E-state index in [1.54, 1.807) is 60.7 Å². The van der Waals surface area contributed by atoms with Crippen LogP contribution in [-0.4, -0.2) is 23.2 Å². The van der Waals surface area contributed by atoms with E-state index in [2.05, 4.69) is 12.6 Å². The summed E-state index contributed by atoms with van der Waals surface area (Å²) in [6, 6.07) is 17.8. The molecule has 2 amide bonds. The van der Waals surface area contributed by atoms with E-state index in [4.69, 9.17) is 32.7 Å². The highest BCUT2D eigenvalue weighted by Crippen LogP contribution is 2.38. The number of halogens is 2. The molecule has 38 heavy (non-hydrogen) atoms. The highest BCUT2D eigenvalue weighted by molar-refractivity contribution is 8.18. The Morgan fingerprint density at radius 1 is 1.08 bits per heavy atom. The van der Waals surface area contributed by atoms with Crippen molar-refractivity contribution < 1.29 is 19.1 Å². The third kappa shape index (κ3) is 6.05. The quantitative estimate of drug-likeness (QED) is 0.199. The highest BCUT2D eigenvalue weighted by atomic mass is 35.5. The summed E-state index contributed by atoms with van der Waals surface area (Å²) in [7, 11) is 1.53. The predicted octanol–water partition coefficient (Wildman–Crippen LogP) is 7.42. The van der Waals surface area contributed by atoms with Crippen LogP contribution in [0, 0.1) is 11.3 Å². The molecule has 9 heteroatoms. The molecule has 1 aliphatic rings. The summed E-state index contributed by atoms with van der Waals surface area (Å²) in [5.41, 5.74) is 3.25. The molecule has 3 aromatic carbocycles. The largest absolute Gasteiger partial charge is 0.493 e. The van der Waals surface area contributed by atoms with Gasteiger partial charge in [-0.3, -0.25) is 14.5 Å². The van der Waals surface area contributed by atoms with Crippen molar-refractivity contribution >= 4 is 52.2 Å². The van der Waals surface area contributed by atoms with Crippen molar-refractivity contribution in [3.05, 3.63) is 110 Å². The molecule has 0 unspecified atom stereocenters. The third-order valence-electron chi connectivity index (χ3n) is 5.76. The minimum absolute atomic E-state index is 0.0246. The Hall–Kier alpha value is -3.70. The standard InChI is InChI=1S/C29H22Cl2N2O4S/c1-3-6-19-11-18(12-25(36-2)27(19)37-17-22-9-10-23(30)14-24(22)31)13-26-28(34)33(29(35)38-26)16-21-8-5-4-7-20(21)15-32/h3-5,7-14H,1,6,16-17H2,2H3/b26-13+. The van der Waals surface area contributed by atoms with E-state index >= 15 is 0 Å². The maximum absolute atomic E-state index is 13.1. The topological polar surface area (TPSA) is 79.6 Å². The molecule has 0 aromatic heterocycles. The first-order valence-electron chi connectivity index (χ1n) is 11.5. The first-order chi connectivity index (χ1) is 18.3. The normalized spacial score (nSPS) is 14.1. The zero-order valence-electron chi connectivity index (χ0n) is 20.4. The molecular formula is C29H22Cl2N2O4S. The number of carbonyl (C=O) groups is 2. The molecule has 0 atom stereocenters. The third-order valence-corrected chi connectivity index (χ3v) is 7.26. The fourth-order valence-corrected chi connectivity index (χ4v) is 5.20. The first kappa shape index (κ1) is 27.3. The number of allylic oxidation sites excluding steroid dienone is 1. The van der Waals surface area contributed by atoms with Gasteiger partial charge in [0.2, 0.25) is 0 Å². The number of imide groups is 1. The van der Waals surface area contributed by atoms with Gasteiger partial charge in [-0.25, -0.2) is 0 Å². The Kier molecular flexibility index (Phi) is 8.80. The van der Waals surface area contributed by atoms with Gasteiger partial charge in [-0.15, -0.1) is 6.58 Å². The summed E-state index contributed by atoms with van der Waals surface area (Å²) < 4.78 is 11.7. The molecule has 0 radical (unpaired) electrons.